The Morgan fingerprint density at radius 1 is 1.47 bits per heavy atom. The molecule has 0 radical (unpaired) electrons. The lowest BCUT2D eigenvalue weighted by molar-refractivity contribution is 0.0690. The van der Waals surface area contributed by atoms with E-state index in [9.17, 15) is 9.59 Å². The van der Waals surface area contributed by atoms with Crippen LogP contribution in [0, 0.1) is 5.92 Å². The minimum Gasteiger partial charge on any atom is -0.477 e. The molecule has 1 aliphatic rings. The number of thioether (sulfide) groups is 1. The Kier molecular flexibility index (Phi) is 4.62. The van der Waals surface area contributed by atoms with Crippen molar-refractivity contribution in [1.82, 2.24) is 10.3 Å². The lowest BCUT2D eigenvalue weighted by Gasteiger charge is -2.11. The molecular weight excluding hydrogens is 266 g/mol. The van der Waals surface area contributed by atoms with Crippen LogP contribution in [0.1, 0.15) is 16.9 Å². The average molecular weight is 281 g/mol. The number of amides is 2. The number of aromatic nitrogens is 1. The van der Waals surface area contributed by atoms with Gasteiger partial charge in [-0.1, -0.05) is 0 Å². The van der Waals surface area contributed by atoms with Crippen molar-refractivity contribution >= 4 is 29.4 Å². The van der Waals surface area contributed by atoms with Crippen molar-refractivity contribution in [2.75, 3.05) is 23.4 Å². The molecule has 1 aromatic rings. The highest BCUT2D eigenvalue weighted by Gasteiger charge is 2.16. The Labute approximate surface area is 115 Å². The number of carboxylic acids is 1. The van der Waals surface area contributed by atoms with Gasteiger partial charge in [0.2, 0.25) is 0 Å². The van der Waals surface area contributed by atoms with Gasteiger partial charge in [0.1, 0.15) is 5.69 Å². The second-order valence-electron chi connectivity index (χ2n) is 4.30. The number of anilines is 1. The predicted molar refractivity (Wildman–Crippen MR) is 73.6 cm³/mol. The molecule has 3 N–H and O–H groups in total. The van der Waals surface area contributed by atoms with Crippen molar-refractivity contribution in [3.8, 4) is 0 Å². The predicted octanol–water partition coefficient (Wildman–Crippen LogP) is 1.65. The summed E-state index contributed by atoms with van der Waals surface area (Å²) >= 11 is 1.90. The maximum Gasteiger partial charge on any atom is 0.354 e. The first-order valence-corrected chi connectivity index (χ1v) is 7.12. The summed E-state index contributed by atoms with van der Waals surface area (Å²) in [7, 11) is 0. The van der Waals surface area contributed by atoms with Gasteiger partial charge >= 0.3 is 12.0 Å². The van der Waals surface area contributed by atoms with Crippen molar-refractivity contribution in [2.24, 2.45) is 5.92 Å². The first-order chi connectivity index (χ1) is 9.15. The Morgan fingerprint density at radius 3 is 2.89 bits per heavy atom. The van der Waals surface area contributed by atoms with Crippen LogP contribution in [-0.4, -0.2) is 40.1 Å². The lowest BCUT2D eigenvalue weighted by atomic mass is 10.1. The number of hydrogen-bond acceptors (Lipinski definition) is 4. The second-order valence-corrected chi connectivity index (χ2v) is 5.45. The molecule has 0 bridgehead atoms. The van der Waals surface area contributed by atoms with Gasteiger partial charge in [-0.3, -0.25) is 0 Å². The molecule has 1 fully saturated rings. The van der Waals surface area contributed by atoms with Crippen LogP contribution in [0.25, 0.3) is 0 Å². The van der Waals surface area contributed by atoms with Gasteiger partial charge in [-0.15, -0.1) is 0 Å². The number of carboxylic acid groups (broad SMARTS) is 1. The molecule has 0 spiro atoms. The minimum absolute atomic E-state index is 0.0473. The molecule has 1 saturated heterocycles. The maximum atomic E-state index is 11.6. The zero-order valence-electron chi connectivity index (χ0n) is 10.3. The van der Waals surface area contributed by atoms with E-state index in [0.717, 1.165) is 17.9 Å². The summed E-state index contributed by atoms with van der Waals surface area (Å²) in [5.74, 6) is 1.71. The van der Waals surface area contributed by atoms with Gasteiger partial charge < -0.3 is 15.7 Å². The van der Waals surface area contributed by atoms with Crippen molar-refractivity contribution in [3.05, 3.63) is 24.0 Å². The largest absolute Gasteiger partial charge is 0.477 e. The summed E-state index contributed by atoms with van der Waals surface area (Å²) in [6.07, 6.45) is 2.47. The summed E-state index contributed by atoms with van der Waals surface area (Å²) < 4.78 is 0. The zero-order valence-corrected chi connectivity index (χ0v) is 11.1. The Bertz CT molecular complexity index is 458. The van der Waals surface area contributed by atoms with Crippen LogP contribution in [0.5, 0.6) is 0 Å². The van der Waals surface area contributed by atoms with E-state index < -0.39 is 5.97 Å². The topological polar surface area (TPSA) is 91.3 Å². The highest BCUT2D eigenvalue weighted by molar-refractivity contribution is 7.99. The number of rotatable bonds is 4. The van der Waals surface area contributed by atoms with Gasteiger partial charge in [-0.05, 0) is 36.0 Å². The molecule has 0 aromatic carbocycles. The van der Waals surface area contributed by atoms with Gasteiger partial charge in [-0.25, -0.2) is 14.6 Å². The molecule has 7 heteroatoms. The maximum absolute atomic E-state index is 11.6. The van der Waals surface area contributed by atoms with Gasteiger partial charge in [-0.2, -0.15) is 11.8 Å². The number of pyridine rings is 1. The smallest absolute Gasteiger partial charge is 0.354 e. The van der Waals surface area contributed by atoms with E-state index in [1.807, 2.05) is 11.8 Å². The highest BCUT2D eigenvalue weighted by Crippen LogP contribution is 2.22. The Balaban J connectivity index is 1.79. The summed E-state index contributed by atoms with van der Waals surface area (Å²) in [5, 5.41) is 14.1. The lowest BCUT2D eigenvalue weighted by Crippen LogP contribution is -2.33. The van der Waals surface area contributed by atoms with Crippen molar-refractivity contribution in [2.45, 2.75) is 6.42 Å². The highest BCUT2D eigenvalue weighted by atomic mass is 32.2. The molecule has 6 nitrogen and oxygen atoms in total. The molecule has 0 saturated carbocycles. The summed E-state index contributed by atoms with van der Waals surface area (Å²) in [6.45, 7) is 0.666. The third kappa shape index (κ3) is 4.13. The van der Waals surface area contributed by atoms with Crippen molar-refractivity contribution < 1.29 is 14.7 Å². The van der Waals surface area contributed by atoms with Gasteiger partial charge in [0.25, 0.3) is 0 Å². The molecule has 102 valence electrons. The van der Waals surface area contributed by atoms with Crippen LogP contribution < -0.4 is 10.6 Å². The first-order valence-electron chi connectivity index (χ1n) is 5.97. The fourth-order valence-corrected chi connectivity index (χ4v) is 3.04. The van der Waals surface area contributed by atoms with E-state index in [0.29, 0.717) is 18.2 Å². The molecule has 1 unspecified atom stereocenters. The van der Waals surface area contributed by atoms with Crippen molar-refractivity contribution in [3.63, 3.8) is 0 Å². The van der Waals surface area contributed by atoms with Crippen LogP contribution in [0.4, 0.5) is 10.5 Å². The molecule has 1 aromatic heterocycles. The normalized spacial score (nSPS) is 18.0. The molecule has 2 amide bonds. The molecule has 2 heterocycles. The van der Waals surface area contributed by atoms with Crippen LogP contribution in [0.3, 0.4) is 0 Å². The standard InChI is InChI=1S/C12H15N3O3S/c16-11(17)10-2-1-9(6-13-10)15-12(18)14-5-8-3-4-19-7-8/h1-2,6,8H,3-5,7H2,(H,16,17)(H2,14,15,18). The quantitative estimate of drug-likeness (QED) is 0.780. The van der Waals surface area contributed by atoms with E-state index in [4.69, 9.17) is 5.11 Å². The van der Waals surface area contributed by atoms with Crippen LogP contribution in [0.2, 0.25) is 0 Å². The van der Waals surface area contributed by atoms with Crippen LogP contribution in [0.15, 0.2) is 18.3 Å². The van der Waals surface area contributed by atoms with E-state index in [-0.39, 0.29) is 11.7 Å². The Morgan fingerprint density at radius 2 is 2.32 bits per heavy atom. The summed E-state index contributed by atoms with van der Waals surface area (Å²) in [4.78, 5) is 26.0. The average Bonchev–Trinajstić information content (AvgIpc) is 2.90. The zero-order chi connectivity index (χ0) is 13.7. The summed E-state index contributed by atoms with van der Waals surface area (Å²) in [5.41, 5.74) is 0.428. The van der Waals surface area contributed by atoms with Gasteiger partial charge in [0.15, 0.2) is 0 Å². The number of carbonyl (C=O) groups is 2. The van der Waals surface area contributed by atoms with Crippen molar-refractivity contribution in [1.29, 1.82) is 0 Å². The number of nitrogens with zero attached hydrogens (tertiary/aromatic N) is 1. The van der Waals surface area contributed by atoms with Crippen LogP contribution in [-0.2, 0) is 0 Å². The number of urea groups is 1. The fourth-order valence-electron chi connectivity index (χ4n) is 1.75. The SMILES string of the molecule is O=C(NCC1CCSC1)Nc1ccc(C(=O)O)nc1. The van der Waals surface area contributed by atoms with Gasteiger partial charge in [0, 0.05) is 6.54 Å². The Hall–Kier alpha value is -1.76. The molecule has 1 aliphatic heterocycles. The van der Waals surface area contributed by atoms with Gasteiger partial charge in [0.05, 0.1) is 11.9 Å². The third-order valence-electron chi connectivity index (χ3n) is 2.82. The first kappa shape index (κ1) is 13.7. The summed E-state index contributed by atoms with van der Waals surface area (Å²) in [6, 6.07) is 2.58. The van der Waals surface area contributed by atoms with E-state index in [1.165, 1.54) is 18.3 Å². The number of hydrogen-bond donors (Lipinski definition) is 3. The number of carbonyl (C=O) groups excluding carboxylic acids is 1. The number of aromatic carboxylic acids is 1. The second kappa shape index (κ2) is 6.42. The number of nitrogens with one attached hydrogen (secondary N) is 2. The monoisotopic (exact) mass is 281 g/mol. The fraction of sp³-hybridized carbons (Fsp3) is 0.417. The molecule has 1 atom stereocenters. The molecule has 19 heavy (non-hydrogen) atoms. The van der Waals surface area contributed by atoms with E-state index >= 15 is 0 Å². The molecular formula is C12H15N3O3S. The molecule has 2 rings (SSSR count). The minimum atomic E-state index is -1.09. The van der Waals surface area contributed by atoms with E-state index in [1.54, 1.807) is 0 Å². The van der Waals surface area contributed by atoms with Crippen LogP contribution >= 0.6 is 11.8 Å². The molecule has 0 aliphatic carbocycles. The third-order valence-corrected chi connectivity index (χ3v) is 4.05. The van der Waals surface area contributed by atoms with E-state index in [2.05, 4.69) is 15.6 Å².